The predicted octanol–water partition coefficient (Wildman–Crippen LogP) is 2.44. The minimum absolute atomic E-state index is 0.621. The van der Waals surface area contributed by atoms with Crippen molar-refractivity contribution in [2.75, 3.05) is 18.6 Å². The Balaban J connectivity index is 3.14. The van der Waals surface area contributed by atoms with Crippen LogP contribution in [0.5, 0.6) is 5.75 Å². The molecule has 1 aromatic carbocycles. The zero-order chi connectivity index (χ0) is 10.6. The Bertz CT molecular complexity index is 328. The Kier molecular flexibility index (Phi) is 3.95. The maximum Gasteiger partial charge on any atom is 0.214 e. The normalized spacial score (nSPS) is 9.64. The van der Waals surface area contributed by atoms with E-state index in [2.05, 4.69) is 15.9 Å². The summed E-state index contributed by atoms with van der Waals surface area (Å²) in [5, 5.41) is 0. The lowest BCUT2D eigenvalue weighted by atomic mass is 10.2. The zero-order valence-electron chi connectivity index (χ0n) is 8.16. The van der Waals surface area contributed by atoms with Crippen molar-refractivity contribution >= 4 is 28.0 Å². The molecule has 3 nitrogen and oxygen atoms in total. The summed E-state index contributed by atoms with van der Waals surface area (Å²) < 4.78 is 6.09. The highest BCUT2D eigenvalue weighted by atomic mass is 79.9. The van der Waals surface area contributed by atoms with E-state index in [0.29, 0.717) is 12.3 Å². The van der Waals surface area contributed by atoms with Gasteiger partial charge in [-0.15, -0.1) is 0 Å². The molecule has 0 atom stereocenters. The molecule has 0 aliphatic rings. The average molecular weight is 258 g/mol. The van der Waals surface area contributed by atoms with Gasteiger partial charge in [0, 0.05) is 11.0 Å². The fraction of sp³-hybridized carbons (Fsp3) is 0.300. The van der Waals surface area contributed by atoms with Crippen LogP contribution in [0.2, 0.25) is 0 Å². The summed E-state index contributed by atoms with van der Waals surface area (Å²) in [6, 6.07) is 5.56. The summed E-state index contributed by atoms with van der Waals surface area (Å²) in [4.78, 5) is 12.4. The van der Waals surface area contributed by atoms with Crippen LogP contribution in [-0.4, -0.2) is 20.1 Å². The topological polar surface area (TPSA) is 29.5 Å². The first kappa shape index (κ1) is 11.0. The van der Waals surface area contributed by atoms with Crippen LogP contribution in [0.25, 0.3) is 0 Å². The molecule has 1 rings (SSSR count). The number of rotatable bonds is 4. The van der Waals surface area contributed by atoms with Crippen LogP contribution >= 0.6 is 15.9 Å². The fourth-order valence-electron chi connectivity index (χ4n) is 1.19. The third-order valence-electron chi connectivity index (χ3n) is 1.92. The van der Waals surface area contributed by atoms with E-state index in [9.17, 15) is 4.79 Å². The molecule has 0 saturated carbocycles. The van der Waals surface area contributed by atoms with Crippen LogP contribution in [0, 0.1) is 0 Å². The second-order valence-corrected chi connectivity index (χ2v) is 3.62. The molecule has 0 heterocycles. The second-order valence-electron chi connectivity index (χ2n) is 2.71. The number of ether oxygens (including phenoxy) is 1. The molecule has 0 aliphatic carbocycles. The number of hydrogen-bond acceptors (Lipinski definition) is 2. The number of benzene rings is 1. The lowest BCUT2D eigenvalue weighted by Crippen LogP contribution is -2.20. The highest BCUT2D eigenvalue weighted by Crippen LogP contribution is 2.30. The van der Waals surface area contributed by atoms with Crippen molar-refractivity contribution in [3.05, 3.63) is 22.7 Å². The van der Waals surface area contributed by atoms with E-state index in [1.165, 1.54) is 0 Å². The molecule has 0 bridgehead atoms. The molecule has 4 heteroatoms. The Hall–Kier alpha value is -1.03. The number of amides is 1. The summed E-state index contributed by atoms with van der Waals surface area (Å²) in [7, 11) is 1.59. The lowest BCUT2D eigenvalue weighted by molar-refractivity contribution is -0.107. The Morgan fingerprint density at radius 2 is 2.29 bits per heavy atom. The van der Waals surface area contributed by atoms with Gasteiger partial charge >= 0.3 is 0 Å². The Labute approximate surface area is 91.8 Å². The number of halogens is 1. The molecule has 1 aromatic rings. The summed E-state index contributed by atoms with van der Waals surface area (Å²) >= 11 is 3.35. The molecule has 0 fully saturated rings. The lowest BCUT2D eigenvalue weighted by Gasteiger charge is -2.18. The molecule has 0 radical (unpaired) electrons. The van der Waals surface area contributed by atoms with Gasteiger partial charge in [-0.1, -0.05) is 15.9 Å². The minimum atomic E-state index is 0.621. The maximum absolute atomic E-state index is 10.8. The van der Waals surface area contributed by atoms with Gasteiger partial charge in [0.15, 0.2) is 0 Å². The Morgan fingerprint density at radius 3 is 2.79 bits per heavy atom. The van der Waals surface area contributed by atoms with E-state index in [1.807, 2.05) is 25.1 Å². The highest BCUT2D eigenvalue weighted by Gasteiger charge is 2.09. The fourth-order valence-corrected chi connectivity index (χ4v) is 1.54. The van der Waals surface area contributed by atoms with E-state index < -0.39 is 0 Å². The van der Waals surface area contributed by atoms with Crippen molar-refractivity contribution in [1.82, 2.24) is 0 Å². The van der Waals surface area contributed by atoms with Gasteiger partial charge in [-0.2, -0.15) is 0 Å². The van der Waals surface area contributed by atoms with Gasteiger partial charge < -0.3 is 9.64 Å². The van der Waals surface area contributed by atoms with Crippen molar-refractivity contribution in [2.45, 2.75) is 6.92 Å². The molecule has 0 aromatic heterocycles. The minimum Gasteiger partial charge on any atom is -0.495 e. The third kappa shape index (κ3) is 2.26. The summed E-state index contributed by atoms with van der Waals surface area (Å²) in [5.74, 6) is 0.696. The molecular weight excluding hydrogens is 246 g/mol. The number of carbonyl (C=O) groups excluding carboxylic acids is 1. The number of anilines is 1. The van der Waals surface area contributed by atoms with E-state index in [0.717, 1.165) is 16.6 Å². The van der Waals surface area contributed by atoms with Crippen LogP contribution in [0.1, 0.15) is 6.92 Å². The van der Waals surface area contributed by atoms with Crippen molar-refractivity contribution in [3.8, 4) is 5.75 Å². The first-order chi connectivity index (χ1) is 6.72. The van der Waals surface area contributed by atoms with E-state index in [4.69, 9.17) is 4.74 Å². The number of carbonyl (C=O) groups is 1. The summed E-state index contributed by atoms with van der Waals surface area (Å²) in [5.41, 5.74) is 0.777. The molecular formula is C10H12BrNO2. The quantitative estimate of drug-likeness (QED) is 0.776. The van der Waals surface area contributed by atoms with Gasteiger partial charge in [0.25, 0.3) is 0 Å². The van der Waals surface area contributed by atoms with Gasteiger partial charge in [-0.05, 0) is 25.1 Å². The van der Waals surface area contributed by atoms with Gasteiger partial charge in [-0.3, -0.25) is 4.79 Å². The largest absolute Gasteiger partial charge is 0.495 e. The monoisotopic (exact) mass is 257 g/mol. The molecule has 0 aliphatic heterocycles. The van der Waals surface area contributed by atoms with E-state index >= 15 is 0 Å². The third-order valence-corrected chi connectivity index (χ3v) is 2.41. The molecule has 0 unspecified atom stereocenters. The van der Waals surface area contributed by atoms with Crippen LogP contribution in [0.4, 0.5) is 5.69 Å². The number of methoxy groups -OCH3 is 1. The van der Waals surface area contributed by atoms with Gasteiger partial charge in [-0.25, -0.2) is 0 Å². The summed E-state index contributed by atoms with van der Waals surface area (Å²) in [6.07, 6.45) is 0.796. The van der Waals surface area contributed by atoms with Gasteiger partial charge in [0.1, 0.15) is 5.75 Å². The molecule has 76 valence electrons. The first-order valence-corrected chi connectivity index (χ1v) is 5.07. The van der Waals surface area contributed by atoms with Gasteiger partial charge in [0.2, 0.25) is 6.41 Å². The van der Waals surface area contributed by atoms with Crippen molar-refractivity contribution in [2.24, 2.45) is 0 Å². The molecule has 0 spiro atoms. The molecule has 0 saturated heterocycles. The van der Waals surface area contributed by atoms with E-state index in [1.54, 1.807) is 12.0 Å². The van der Waals surface area contributed by atoms with Crippen molar-refractivity contribution < 1.29 is 9.53 Å². The van der Waals surface area contributed by atoms with Crippen molar-refractivity contribution in [3.63, 3.8) is 0 Å². The standard InChI is InChI=1S/C10H12BrNO2/c1-3-12(7-13)9-6-8(11)4-5-10(9)14-2/h4-7H,3H2,1-2H3. The van der Waals surface area contributed by atoms with Gasteiger partial charge in [0.05, 0.1) is 12.8 Å². The number of nitrogens with zero attached hydrogens (tertiary/aromatic N) is 1. The zero-order valence-corrected chi connectivity index (χ0v) is 9.74. The second kappa shape index (κ2) is 5.00. The van der Waals surface area contributed by atoms with Crippen LogP contribution in [0.15, 0.2) is 22.7 Å². The molecule has 0 N–H and O–H groups in total. The average Bonchev–Trinajstić information content (AvgIpc) is 2.20. The summed E-state index contributed by atoms with van der Waals surface area (Å²) in [6.45, 7) is 2.53. The smallest absolute Gasteiger partial charge is 0.214 e. The maximum atomic E-state index is 10.8. The van der Waals surface area contributed by atoms with Crippen molar-refractivity contribution in [1.29, 1.82) is 0 Å². The highest BCUT2D eigenvalue weighted by molar-refractivity contribution is 9.10. The molecule has 1 amide bonds. The predicted molar refractivity (Wildman–Crippen MR) is 59.8 cm³/mol. The number of hydrogen-bond donors (Lipinski definition) is 0. The van der Waals surface area contributed by atoms with Crippen LogP contribution < -0.4 is 9.64 Å². The van der Waals surface area contributed by atoms with Crippen LogP contribution in [-0.2, 0) is 4.79 Å². The van der Waals surface area contributed by atoms with E-state index in [-0.39, 0.29) is 0 Å². The Morgan fingerprint density at radius 1 is 1.57 bits per heavy atom. The SMILES string of the molecule is CCN(C=O)c1cc(Br)ccc1OC. The molecule has 14 heavy (non-hydrogen) atoms. The first-order valence-electron chi connectivity index (χ1n) is 4.28. The van der Waals surface area contributed by atoms with Crippen LogP contribution in [0.3, 0.4) is 0 Å².